The Labute approximate surface area is 194 Å². The number of piperidine rings is 1. The summed E-state index contributed by atoms with van der Waals surface area (Å²) in [4.78, 5) is 19.9. The molecule has 2 aliphatic rings. The van der Waals surface area contributed by atoms with E-state index in [9.17, 15) is 4.79 Å². The van der Waals surface area contributed by atoms with Crippen LogP contribution in [0.3, 0.4) is 0 Å². The Morgan fingerprint density at radius 3 is 2.36 bits per heavy atom. The zero-order valence-electron chi connectivity index (χ0n) is 19.1. The van der Waals surface area contributed by atoms with Crippen molar-refractivity contribution in [2.45, 2.75) is 25.7 Å². The number of rotatable bonds is 3. The second-order valence-corrected chi connectivity index (χ2v) is 8.51. The van der Waals surface area contributed by atoms with Crippen LogP contribution in [0, 0.1) is 0 Å². The third-order valence-corrected chi connectivity index (χ3v) is 6.72. The number of aryl methyl sites for hydroxylation is 2. The van der Waals surface area contributed by atoms with Gasteiger partial charge >= 0.3 is 0 Å². The lowest BCUT2D eigenvalue weighted by Crippen LogP contribution is -2.36. The summed E-state index contributed by atoms with van der Waals surface area (Å²) < 4.78 is 10.7. The van der Waals surface area contributed by atoms with Crippen LogP contribution < -0.4 is 9.47 Å². The first-order valence-electron chi connectivity index (χ1n) is 11.5. The second kappa shape index (κ2) is 9.10. The van der Waals surface area contributed by atoms with E-state index in [1.807, 2.05) is 17.2 Å². The van der Waals surface area contributed by atoms with Gasteiger partial charge in [-0.3, -0.25) is 9.78 Å². The highest BCUT2D eigenvalue weighted by Gasteiger charge is 2.27. The average molecular weight is 441 g/mol. The number of hydrogen-bond donors (Lipinski definition) is 0. The maximum atomic E-state index is 13.2. The van der Waals surface area contributed by atoms with E-state index in [0.717, 1.165) is 31.4 Å². The van der Waals surface area contributed by atoms with Gasteiger partial charge in [-0.25, -0.2) is 0 Å². The molecule has 0 saturated carbocycles. The van der Waals surface area contributed by atoms with Crippen molar-refractivity contribution < 1.29 is 14.3 Å². The van der Waals surface area contributed by atoms with Crippen molar-refractivity contribution in [1.82, 2.24) is 9.88 Å². The van der Waals surface area contributed by atoms with Crippen molar-refractivity contribution >= 4 is 11.5 Å². The highest BCUT2D eigenvalue weighted by Crippen LogP contribution is 2.38. The summed E-state index contributed by atoms with van der Waals surface area (Å²) >= 11 is 0. The number of nitrogens with zero attached hydrogens (tertiary/aromatic N) is 2. The van der Waals surface area contributed by atoms with Crippen LogP contribution in [0.25, 0.3) is 5.57 Å². The van der Waals surface area contributed by atoms with Crippen molar-refractivity contribution in [3.05, 3.63) is 94.3 Å². The Hall–Kier alpha value is -3.60. The molecule has 1 amide bonds. The van der Waals surface area contributed by atoms with E-state index >= 15 is 0 Å². The normalized spacial score (nSPS) is 15.4. The lowest BCUT2D eigenvalue weighted by Gasteiger charge is -2.30. The van der Waals surface area contributed by atoms with Crippen molar-refractivity contribution in [2.24, 2.45) is 0 Å². The lowest BCUT2D eigenvalue weighted by molar-refractivity contribution is 0.0743. The van der Waals surface area contributed by atoms with Crippen LogP contribution >= 0.6 is 0 Å². The van der Waals surface area contributed by atoms with Crippen molar-refractivity contribution in [3.63, 3.8) is 0 Å². The molecule has 0 atom stereocenters. The number of ether oxygens (including phenoxy) is 2. The molecule has 33 heavy (non-hydrogen) atoms. The van der Waals surface area contributed by atoms with Gasteiger partial charge in [0.15, 0.2) is 11.5 Å². The Morgan fingerprint density at radius 2 is 1.58 bits per heavy atom. The molecule has 1 aliphatic heterocycles. The fraction of sp³-hybridized carbons (Fsp3) is 0.286. The van der Waals surface area contributed by atoms with E-state index in [1.165, 1.54) is 27.8 Å². The summed E-state index contributed by atoms with van der Waals surface area (Å²) in [5, 5.41) is 0. The number of carbonyl (C=O) groups excluding carboxylic acids is 1. The van der Waals surface area contributed by atoms with Gasteiger partial charge in [-0.05, 0) is 66.6 Å². The van der Waals surface area contributed by atoms with E-state index in [0.29, 0.717) is 30.2 Å². The number of hydrogen-bond acceptors (Lipinski definition) is 4. The molecule has 1 aliphatic carbocycles. The number of aromatic nitrogens is 1. The molecule has 5 nitrogen and oxygen atoms in total. The number of amides is 1. The van der Waals surface area contributed by atoms with Crippen molar-refractivity contribution in [2.75, 3.05) is 27.3 Å². The molecule has 0 N–H and O–H groups in total. The Kier molecular flexibility index (Phi) is 5.86. The van der Waals surface area contributed by atoms with Crippen LogP contribution in [0.2, 0.25) is 0 Å². The van der Waals surface area contributed by atoms with Crippen LogP contribution in [-0.4, -0.2) is 43.1 Å². The monoisotopic (exact) mass is 440 g/mol. The van der Waals surface area contributed by atoms with Gasteiger partial charge < -0.3 is 14.4 Å². The molecule has 1 aromatic heterocycles. The zero-order chi connectivity index (χ0) is 22.8. The quantitative estimate of drug-likeness (QED) is 0.579. The van der Waals surface area contributed by atoms with Crippen LogP contribution in [0.4, 0.5) is 0 Å². The predicted octanol–water partition coefficient (Wildman–Crippen LogP) is 4.94. The molecule has 1 fully saturated rings. The van der Waals surface area contributed by atoms with Gasteiger partial charge in [-0.15, -0.1) is 0 Å². The topological polar surface area (TPSA) is 51.7 Å². The summed E-state index contributed by atoms with van der Waals surface area (Å²) in [5.41, 5.74) is 8.37. The molecule has 0 radical (unpaired) electrons. The number of pyridine rings is 1. The van der Waals surface area contributed by atoms with Gasteiger partial charge in [-0.1, -0.05) is 35.9 Å². The Bertz CT molecular complexity index is 1170. The molecule has 3 aromatic rings. The highest BCUT2D eigenvalue weighted by molar-refractivity contribution is 5.95. The van der Waals surface area contributed by atoms with E-state index in [-0.39, 0.29) is 5.91 Å². The first-order chi connectivity index (χ1) is 16.2. The van der Waals surface area contributed by atoms with Crippen molar-refractivity contribution in [3.8, 4) is 11.5 Å². The molecule has 5 rings (SSSR count). The molecule has 5 heteroatoms. The lowest BCUT2D eigenvalue weighted by atomic mass is 9.88. The predicted molar refractivity (Wildman–Crippen MR) is 129 cm³/mol. The van der Waals surface area contributed by atoms with Gasteiger partial charge in [-0.2, -0.15) is 0 Å². The van der Waals surface area contributed by atoms with Gasteiger partial charge in [0.05, 0.1) is 19.9 Å². The van der Waals surface area contributed by atoms with E-state index in [2.05, 4.69) is 30.3 Å². The smallest absolute Gasteiger partial charge is 0.254 e. The third kappa shape index (κ3) is 3.99. The fourth-order valence-electron chi connectivity index (χ4n) is 4.98. The maximum Gasteiger partial charge on any atom is 0.254 e. The first kappa shape index (κ1) is 21.3. The van der Waals surface area contributed by atoms with E-state index in [4.69, 9.17) is 14.5 Å². The highest BCUT2D eigenvalue weighted by atomic mass is 16.5. The SMILES string of the molecule is COc1ccc(C(=O)N2CCC(=C3c4ccccc4CCc4cccnc43)CC2)cc1OC. The molecule has 0 bridgehead atoms. The van der Waals surface area contributed by atoms with Crippen LogP contribution in [0.5, 0.6) is 11.5 Å². The minimum atomic E-state index is 0.0276. The van der Waals surface area contributed by atoms with Crippen LogP contribution in [0.1, 0.15) is 45.6 Å². The molecule has 168 valence electrons. The Morgan fingerprint density at radius 1 is 0.848 bits per heavy atom. The number of carbonyl (C=O) groups is 1. The molecule has 0 unspecified atom stereocenters. The summed E-state index contributed by atoms with van der Waals surface area (Å²) in [6.45, 7) is 1.38. The minimum absolute atomic E-state index is 0.0276. The molecule has 1 saturated heterocycles. The first-order valence-corrected chi connectivity index (χ1v) is 11.5. The summed E-state index contributed by atoms with van der Waals surface area (Å²) in [7, 11) is 3.18. The maximum absolute atomic E-state index is 13.2. The van der Waals surface area contributed by atoms with Gasteiger partial charge in [0.25, 0.3) is 5.91 Å². The summed E-state index contributed by atoms with van der Waals surface area (Å²) in [6, 6.07) is 18.3. The number of fused-ring (bicyclic) bond motifs is 2. The number of benzene rings is 2. The van der Waals surface area contributed by atoms with E-state index < -0.39 is 0 Å². The van der Waals surface area contributed by atoms with Crippen LogP contribution in [-0.2, 0) is 12.8 Å². The number of methoxy groups -OCH3 is 2. The largest absolute Gasteiger partial charge is 0.493 e. The molecule has 0 spiro atoms. The Balaban J connectivity index is 1.44. The zero-order valence-corrected chi connectivity index (χ0v) is 19.1. The van der Waals surface area contributed by atoms with Crippen LogP contribution in [0.15, 0.2) is 66.4 Å². The summed E-state index contributed by atoms with van der Waals surface area (Å²) in [6.07, 6.45) is 5.61. The molecular weight excluding hydrogens is 412 g/mol. The second-order valence-electron chi connectivity index (χ2n) is 8.51. The van der Waals surface area contributed by atoms with Gasteiger partial charge in [0, 0.05) is 30.4 Å². The van der Waals surface area contributed by atoms with Gasteiger partial charge in [0.1, 0.15) is 0 Å². The fourth-order valence-corrected chi connectivity index (χ4v) is 4.98. The number of likely N-dealkylation sites (tertiary alicyclic amines) is 1. The molecule has 2 aromatic carbocycles. The third-order valence-electron chi connectivity index (χ3n) is 6.72. The summed E-state index contributed by atoms with van der Waals surface area (Å²) in [5.74, 6) is 1.22. The standard InChI is InChI=1S/C28H28N2O3/c1-32-24-12-11-22(18-25(24)33-2)28(31)30-16-13-20(14-17-30)26-23-8-4-3-6-19(23)9-10-21-7-5-15-29-27(21)26/h3-8,11-12,15,18H,9-10,13-14,16-17H2,1-2H3. The molecular formula is C28H28N2O3. The van der Waals surface area contributed by atoms with E-state index in [1.54, 1.807) is 32.4 Å². The van der Waals surface area contributed by atoms with Crippen molar-refractivity contribution in [1.29, 1.82) is 0 Å². The molecule has 2 heterocycles. The average Bonchev–Trinajstić information content (AvgIpc) is 3.05. The minimum Gasteiger partial charge on any atom is -0.493 e. The van der Waals surface area contributed by atoms with Gasteiger partial charge in [0.2, 0.25) is 0 Å².